The predicted molar refractivity (Wildman–Crippen MR) is 52.9 cm³/mol. The van der Waals surface area contributed by atoms with E-state index >= 15 is 0 Å². The van der Waals surface area contributed by atoms with Crippen molar-refractivity contribution >= 4 is 23.3 Å². The molecule has 1 N–H and O–H groups in total. The van der Waals surface area contributed by atoms with Gasteiger partial charge in [0.1, 0.15) is 0 Å². The molecule has 1 aromatic rings. The van der Waals surface area contributed by atoms with Crippen LogP contribution in [0.15, 0.2) is 16.8 Å². The molecule has 0 spiro atoms. The quantitative estimate of drug-likeness (QED) is 0.797. The average molecular weight is 210 g/mol. The number of hydrogen-bond donors (Lipinski definition) is 1. The lowest BCUT2D eigenvalue weighted by Gasteiger charge is -2.25. The van der Waals surface area contributed by atoms with Crippen molar-refractivity contribution in [3.8, 4) is 0 Å². The molecule has 0 saturated carbocycles. The number of carbonyl (C=O) groups is 2. The molecule has 0 radical (unpaired) electrons. The van der Waals surface area contributed by atoms with Gasteiger partial charge in [0.15, 0.2) is 0 Å². The standard InChI is InChI=1S/C9H10N2O2S/c12-8-1-3-11(9(13)10-8)5-7-2-4-14-6-7/h2,4,6H,1,3,5H2,(H,10,12,13). The maximum absolute atomic E-state index is 11.3. The van der Waals surface area contributed by atoms with Gasteiger partial charge in [0.05, 0.1) is 0 Å². The Balaban J connectivity index is 1.99. The van der Waals surface area contributed by atoms with E-state index in [0.29, 0.717) is 19.5 Å². The number of nitrogens with zero attached hydrogens (tertiary/aromatic N) is 1. The molecular weight excluding hydrogens is 200 g/mol. The summed E-state index contributed by atoms with van der Waals surface area (Å²) in [6.45, 7) is 1.10. The molecule has 0 aromatic carbocycles. The van der Waals surface area contributed by atoms with E-state index < -0.39 is 0 Å². The fraction of sp³-hybridized carbons (Fsp3) is 0.333. The molecule has 74 valence electrons. The lowest BCUT2D eigenvalue weighted by molar-refractivity contribution is -0.121. The van der Waals surface area contributed by atoms with Crippen LogP contribution < -0.4 is 5.32 Å². The van der Waals surface area contributed by atoms with Gasteiger partial charge in [-0.3, -0.25) is 10.1 Å². The third-order valence-electron chi connectivity index (χ3n) is 2.10. The van der Waals surface area contributed by atoms with Crippen LogP contribution in [0, 0.1) is 0 Å². The first-order valence-corrected chi connectivity index (χ1v) is 5.30. The van der Waals surface area contributed by atoms with Gasteiger partial charge in [-0.25, -0.2) is 4.79 Å². The molecule has 1 fully saturated rings. The molecule has 2 rings (SSSR count). The molecule has 0 aliphatic carbocycles. The number of amides is 3. The number of thiophene rings is 1. The van der Waals surface area contributed by atoms with E-state index in [1.165, 1.54) is 0 Å². The summed E-state index contributed by atoms with van der Waals surface area (Å²) in [4.78, 5) is 23.8. The highest BCUT2D eigenvalue weighted by Crippen LogP contribution is 2.11. The van der Waals surface area contributed by atoms with E-state index in [4.69, 9.17) is 0 Å². The van der Waals surface area contributed by atoms with Crippen LogP contribution in [-0.2, 0) is 11.3 Å². The number of nitrogens with one attached hydrogen (secondary N) is 1. The Morgan fingerprint density at radius 3 is 3.00 bits per heavy atom. The maximum atomic E-state index is 11.3. The third-order valence-corrected chi connectivity index (χ3v) is 2.83. The number of carbonyl (C=O) groups excluding carboxylic acids is 2. The largest absolute Gasteiger partial charge is 0.324 e. The van der Waals surface area contributed by atoms with Crippen LogP contribution in [0.5, 0.6) is 0 Å². The van der Waals surface area contributed by atoms with Crippen molar-refractivity contribution in [2.75, 3.05) is 6.54 Å². The number of urea groups is 1. The van der Waals surface area contributed by atoms with Crippen molar-refractivity contribution in [3.05, 3.63) is 22.4 Å². The zero-order chi connectivity index (χ0) is 9.97. The maximum Gasteiger partial charge on any atom is 0.324 e. The summed E-state index contributed by atoms with van der Waals surface area (Å²) < 4.78 is 0. The van der Waals surface area contributed by atoms with E-state index in [0.717, 1.165) is 5.56 Å². The second-order valence-corrected chi connectivity index (χ2v) is 3.94. The summed E-state index contributed by atoms with van der Waals surface area (Å²) in [5.41, 5.74) is 1.11. The van der Waals surface area contributed by atoms with Crippen LogP contribution in [0.3, 0.4) is 0 Å². The summed E-state index contributed by atoms with van der Waals surface area (Å²) in [6, 6.07) is 1.70. The van der Waals surface area contributed by atoms with Gasteiger partial charge in [-0.1, -0.05) is 0 Å². The molecule has 0 bridgehead atoms. The lowest BCUT2D eigenvalue weighted by Crippen LogP contribution is -2.48. The molecule has 0 unspecified atom stereocenters. The van der Waals surface area contributed by atoms with E-state index in [2.05, 4.69) is 5.32 Å². The van der Waals surface area contributed by atoms with Gasteiger partial charge in [-0.05, 0) is 22.4 Å². The Hall–Kier alpha value is -1.36. The smallest absolute Gasteiger partial charge is 0.320 e. The van der Waals surface area contributed by atoms with Crippen molar-refractivity contribution in [2.24, 2.45) is 0 Å². The van der Waals surface area contributed by atoms with Crippen molar-refractivity contribution in [1.29, 1.82) is 0 Å². The second-order valence-electron chi connectivity index (χ2n) is 3.16. The zero-order valence-corrected chi connectivity index (χ0v) is 8.34. The first kappa shape index (κ1) is 9.21. The van der Waals surface area contributed by atoms with Gasteiger partial charge in [0, 0.05) is 19.5 Å². The minimum absolute atomic E-state index is 0.184. The fourth-order valence-electron chi connectivity index (χ4n) is 1.35. The first-order chi connectivity index (χ1) is 6.75. The Kier molecular flexibility index (Phi) is 2.49. The van der Waals surface area contributed by atoms with Crippen LogP contribution in [0.4, 0.5) is 4.79 Å². The highest BCUT2D eigenvalue weighted by molar-refractivity contribution is 7.07. The summed E-state index contributed by atoms with van der Waals surface area (Å²) >= 11 is 1.60. The Morgan fingerprint density at radius 1 is 1.50 bits per heavy atom. The molecule has 1 aliphatic rings. The summed E-state index contributed by atoms with van der Waals surface area (Å²) in [6.07, 6.45) is 0.399. The van der Waals surface area contributed by atoms with Gasteiger partial charge >= 0.3 is 6.03 Å². The topological polar surface area (TPSA) is 49.4 Å². The van der Waals surface area contributed by atoms with Crippen molar-refractivity contribution in [3.63, 3.8) is 0 Å². The zero-order valence-electron chi connectivity index (χ0n) is 7.53. The normalized spacial score (nSPS) is 17.0. The molecule has 2 heterocycles. The molecule has 5 heteroatoms. The molecule has 3 amide bonds. The molecule has 1 aromatic heterocycles. The second kappa shape index (κ2) is 3.79. The summed E-state index contributed by atoms with van der Waals surface area (Å²) in [5, 5.41) is 6.27. The highest BCUT2D eigenvalue weighted by atomic mass is 32.1. The van der Waals surface area contributed by atoms with Gasteiger partial charge in [0.25, 0.3) is 0 Å². The summed E-state index contributed by atoms with van der Waals surface area (Å²) in [7, 11) is 0. The number of rotatable bonds is 2. The van der Waals surface area contributed by atoms with Crippen molar-refractivity contribution < 1.29 is 9.59 Å². The van der Waals surface area contributed by atoms with Crippen LogP contribution >= 0.6 is 11.3 Å². The number of imide groups is 1. The molecule has 0 atom stereocenters. The fourth-order valence-corrected chi connectivity index (χ4v) is 2.01. The Morgan fingerprint density at radius 2 is 2.36 bits per heavy atom. The van der Waals surface area contributed by atoms with Gasteiger partial charge in [-0.2, -0.15) is 11.3 Å². The average Bonchev–Trinajstić information content (AvgIpc) is 2.62. The molecular formula is C9H10N2O2S. The molecule has 4 nitrogen and oxygen atoms in total. The minimum atomic E-state index is -0.285. The Labute approximate surface area is 85.5 Å². The molecule has 1 aliphatic heterocycles. The van der Waals surface area contributed by atoms with Gasteiger partial charge in [-0.15, -0.1) is 0 Å². The van der Waals surface area contributed by atoms with E-state index in [1.807, 2.05) is 16.8 Å². The van der Waals surface area contributed by atoms with E-state index in [9.17, 15) is 9.59 Å². The van der Waals surface area contributed by atoms with Crippen molar-refractivity contribution in [1.82, 2.24) is 10.2 Å². The van der Waals surface area contributed by atoms with E-state index in [-0.39, 0.29) is 11.9 Å². The van der Waals surface area contributed by atoms with E-state index in [1.54, 1.807) is 16.2 Å². The van der Waals surface area contributed by atoms with Crippen LogP contribution in [-0.4, -0.2) is 23.4 Å². The predicted octanol–water partition coefficient (Wildman–Crippen LogP) is 1.19. The Bertz CT molecular complexity index is 348. The van der Waals surface area contributed by atoms with Crippen molar-refractivity contribution in [2.45, 2.75) is 13.0 Å². The lowest BCUT2D eigenvalue weighted by atomic mass is 10.2. The number of hydrogen-bond acceptors (Lipinski definition) is 3. The molecule has 1 saturated heterocycles. The summed E-state index contributed by atoms with van der Waals surface area (Å²) in [5.74, 6) is -0.184. The SMILES string of the molecule is O=C1CCN(Cc2ccsc2)C(=O)N1. The van der Waals surface area contributed by atoms with Crippen LogP contribution in [0.25, 0.3) is 0 Å². The highest BCUT2D eigenvalue weighted by Gasteiger charge is 2.22. The minimum Gasteiger partial charge on any atom is -0.320 e. The monoisotopic (exact) mass is 210 g/mol. The van der Waals surface area contributed by atoms with Gasteiger partial charge < -0.3 is 4.90 Å². The van der Waals surface area contributed by atoms with Crippen LogP contribution in [0.1, 0.15) is 12.0 Å². The first-order valence-electron chi connectivity index (χ1n) is 4.35. The van der Waals surface area contributed by atoms with Gasteiger partial charge in [0.2, 0.25) is 5.91 Å². The van der Waals surface area contributed by atoms with Crippen LogP contribution in [0.2, 0.25) is 0 Å². The molecule has 14 heavy (non-hydrogen) atoms. The third kappa shape index (κ3) is 1.93.